The van der Waals surface area contributed by atoms with Crippen molar-refractivity contribution in [2.24, 2.45) is 0 Å². The molecule has 0 atom stereocenters. The van der Waals surface area contributed by atoms with E-state index in [1.807, 2.05) is 4.90 Å². The fraction of sp³-hybridized carbons (Fsp3) is 0.533. The summed E-state index contributed by atoms with van der Waals surface area (Å²) in [7, 11) is 0. The number of hydrogen-bond donors (Lipinski definition) is 1. The van der Waals surface area contributed by atoms with Crippen LogP contribution in [0.1, 0.15) is 25.7 Å². The van der Waals surface area contributed by atoms with E-state index in [0.717, 1.165) is 23.7 Å². The van der Waals surface area contributed by atoms with Gasteiger partial charge in [0, 0.05) is 24.2 Å². The van der Waals surface area contributed by atoms with Gasteiger partial charge in [0.15, 0.2) is 6.61 Å². The lowest BCUT2D eigenvalue weighted by molar-refractivity contribution is -0.137. The molecule has 1 amide bonds. The van der Waals surface area contributed by atoms with E-state index in [4.69, 9.17) is 21.4 Å². The molecule has 1 aromatic rings. The fourth-order valence-electron chi connectivity index (χ4n) is 2.27. The number of hydrogen-bond acceptors (Lipinski definition) is 3. The van der Waals surface area contributed by atoms with Gasteiger partial charge < -0.3 is 14.7 Å². The number of rotatable bonds is 7. The molecule has 0 heterocycles. The number of amides is 1. The van der Waals surface area contributed by atoms with Crippen LogP contribution >= 0.6 is 27.5 Å². The Morgan fingerprint density at radius 2 is 2.24 bits per heavy atom. The highest BCUT2D eigenvalue weighted by Crippen LogP contribution is 2.29. The van der Waals surface area contributed by atoms with Gasteiger partial charge in [0.25, 0.3) is 5.91 Å². The van der Waals surface area contributed by atoms with Crippen molar-refractivity contribution in [3.63, 3.8) is 0 Å². The van der Waals surface area contributed by atoms with Crippen LogP contribution in [0, 0.1) is 0 Å². The lowest BCUT2D eigenvalue weighted by Crippen LogP contribution is -2.46. The molecule has 1 aliphatic carbocycles. The Hall–Kier alpha value is -0.780. The minimum Gasteiger partial charge on any atom is -0.483 e. The molecule has 0 unspecified atom stereocenters. The van der Waals surface area contributed by atoms with E-state index in [1.54, 1.807) is 18.2 Å². The van der Waals surface area contributed by atoms with Gasteiger partial charge in [-0.3, -0.25) is 4.79 Å². The summed E-state index contributed by atoms with van der Waals surface area (Å²) in [4.78, 5) is 14.1. The number of aliphatic hydroxyl groups is 1. The number of carbonyl (C=O) groups excluding carboxylic acids is 1. The highest BCUT2D eigenvalue weighted by Gasteiger charge is 2.28. The highest BCUT2D eigenvalue weighted by atomic mass is 79.9. The minimum atomic E-state index is -0.0324. The Balaban J connectivity index is 1.91. The van der Waals surface area contributed by atoms with Gasteiger partial charge in [0.1, 0.15) is 5.75 Å². The van der Waals surface area contributed by atoms with E-state index in [-0.39, 0.29) is 19.1 Å². The van der Waals surface area contributed by atoms with Crippen molar-refractivity contribution in [1.29, 1.82) is 0 Å². The van der Waals surface area contributed by atoms with Crippen LogP contribution in [0.4, 0.5) is 0 Å². The number of carbonyl (C=O) groups is 1. The average molecular weight is 377 g/mol. The van der Waals surface area contributed by atoms with Crippen LogP contribution in [0.2, 0.25) is 5.02 Å². The summed E-state index contributed by atoms with van der Waals surface area (Å²) in [6, 6.07) is 5.50. The first-order chi connectivity index (χ1) is 10.1. The van der Waals surface area contributed by atoms with Gasteiger partial charge in [-0.15, -0.1) is 0 Å². The van der Waals surface area contributed by atoms with Crippen molar-refractivity contribution >= 4 is 33.4 Å². The maximum Gasteiger partial charge on any atom is 0.260 e. The van der Waals surface area contributed by atoms with E-state index < -0.39 is 0 Å². The molecular weight excluding hydrogens is 358 g/mol. The lowest BCUT2D eigenvalue weighted by Gasteiger charge is -2.37. The molecule has 1 N–H and O–H groups in total. The minimum absolute atomic E-state index is 0.00214. The Kier molecular flexibility index (Phi) is 6.33. The number of benzene rings is 1. The van der Waals surface area contributed by atoms with Gasteiger partial charge in [-0.1, -0.05) is 11.6 Å². The molecule has 6 heteroatoms. The third-order valence-electron chi connectivity index (χ3n) is 3.64. The first kappa shape index (κ1) is 16.6. The molecule has 2 rings (SSSR count). The van der Waals surface area contributed by atoms with E-state index in [0.29, 0.717) is 29.8 Å². The Morgan fingerprint density at radius 3 is 2.81 bits per heavy atom. The Bertz CT molecular complexity index is 494. The van der Waals surface area contributed by atoms with Crippen LogP contribution in [0.15, 0.2) is 22.7 Å². The predicted molar refractivity (Wildman–Crippen MR) is 85.7 cm³/mol. The lowest BCUT2D eigenvalue weighted by atomic mass is 9.91. The number of halogens is 2. The summed E-state index contributed by atoms with van der Waals surface area (Å²) < 4.78 is 6.30. The monoisotopic (exact) mass is 375 g/mol. The molecule has 1 saturated carbocycles. The van der Waals surface area contributed by atoms with Crippen LogP contribution in [-0.2, 0) is 4.79 Å². The van der Waals surface area contributed by atoms with Crippen LogP contribution in [0.3, 0.4) is 0 Å². The number of aliphatic hydroxyl groups excluding tert-OH is 1. The first-order valence-corrected chi connectivity index (χ1v) is 8.27. The second kappa shape index (κ2) is 8.01. The van der Waals surface area contributed by atoms with E-state index in [2.05, 4.69) is 15.9 Å². The largest absolute Gasteiger partial charge is 0.483 e. The van der Waals surface area contributed by atoms with Crippen molar-refractivity contribution in [2.75, 3.05) is 19.8 Å². The van der Waals surface area contributed by atoms with Gasteiger partial charge in [-0.2, -0.15) is 0 Å². The van der Waals surface area contributed by atoms with Gasteiger partial charge in [-0.25, -0.2) is 0 Å². The molecule has 21 heavy (non-hydrogen) atoms. The molecule has 1 aromatic carbocycles. The maximum atomic E-state index is 12.3. The maximum absolute atomic E-state index is 12.3. The third kappa shape index (κ3) is 4.59. The van der Waals surface area contributed by atoms with Gasteiger partial charge in [0.05, 0.1) is 4.47 Å². The Labute approximate surface area is 138 Å². The first-order valence-electron chi connectivity index (χ1n) is 7.10. The Morgan fingerprint density at radius 1 is 1.48 bits per heavy atom. The molecule has 0 spiro atoms. The molecule has 4 nitrogen and oxygen atoms in total. The second-order valence-electron chi connectivity index (χ2n) is 5.11. The van der Waals surface area contributed by atoms with Crippen molar-refractivity contribution in [3.8, 4) is 5.75 Å². The fourth-order valence-corrected chi connectivity index (χ4v) is 3.06. The standard InChI is InChI=1S/C15H19BrClNO3/c16-13-9-11(17)5-6-14(13)21-10-15(20)18(7-2-8-19)12-3-1-4-12/h5-6,9,12,19H,1-4,7-8,10H2. The van der Waals surface area contributed by atoms with E-state index >= 15 is 0 Å². The van der Waals surface area contributed by atoms with Crippen LogP contribution < -0.4 is 4.74 Å². The summed E-state index contributed by atoms with van der Waals surface area (Å²) >= 11 is 9.23. The SMILES string of the molecule is O=C(COc1ccc(Cl)cc1Br)N(CCCO)C1CCC1. The number of nitrogens with zero attached hydrogens (tertiary/aromatic N) is 1. The van der Waals surface area contributed by atoms with Crippen molar-refractivity contribution in [1.82, 2.24) is 4.90 Å². The van der Waals surface area contributed by atoms with Gasteiger partial charge >= 0.3 is 0 Å². The molecule has 0 aromatic heterocycles. The molecule has 0 saturated heterocycles. The predicted octanol–water partition coefficient (Wildman–Crippen LogP) is 3.24. The molecule has 0 bridgehead atoms. The molecular formula is C15H19BrClNO3. The smallest absolute Gasteiger partial charge is 0.260 e. The van der Waals surface area contributed by atoms with E-state index in [1.165, 1.54) is 0 Å². The van der Waals surface area contributed by atoms with Gasteiger partial charge in [-0.05, 0) is 59.8 Å². The molecule has 116 valence electrons. The molecule has 0 radical (unpaired) electrons. The summed E-state index contributed by atoms with van der Waals surface area (Å²) in [5.74, 6) is 0.568. The van der Waals surface area contributed by atoms with Crippen molar-refractivity contribution in [3.05, 3.63) is 27.7 Å². The van der Waals surface area contributed by atoms with Crippen molar-refractivity contribution in [2.45, 2.75) is 31.7 Å². The topological polar surface area (TPSA) is 49.8 Å². The highest BCUT2D eigenvalue weighted by molar-refractivity contribution is 9.10. The van der Waals surface area contributed by atoms with Gasteiger partial charge in [0.2, 0.25) is 0 Å². The zero-order valence-corrected chi connectivity index (χ0v) is 14.1. The number of ether oxygens (including phenoxy) is 1. The zero-order valence-electron chi connectivity index (χ0n) is 11.7. The summed E-state index contributed by atoms with van der Waals surface area (Å²) in [5.41, 5.74) is 0. The van der Waals surface area contributed by atoms with Crippen LogP contribution in [-0.4, -0.2) is 41.7 Å². The normalized spacial score (nSPS) is 14.6. The summed E-state index contributed by atoms with van der Waals surface area (Å²) in [6.07, 6.45) is 3.85. The summed E-state index contributed by atoms with van der Waals surface area (Å²) in [6.45, 7) is 0.688. The summed E-state index contributed by atoms with van der Waals surface area (Å²) in [5, 5.41) is 9.56. The van der Waals surface area contributed by atoms with Crippen molar-refractivity contribution < 1.29 is 14.6 Å². The second-order valence-corrected chi connectivity index (χ2v) is 6.40. The molecule has 0 aliphatic heterocycles. The molecule has 1 fully saturated rings. The molecule has 1 aliphatic rings. The zero-order chi connectivity index (χ0) is 15.2. The average Bonchev–Trinajstić information content (AvgIpc) is 2.40. The quantitative estimate of drug-likeness (QED) is 0.795. The van der Waals surface area contributed by atoms with Crippen LogP contribution in [0.5, 0.6) is 5.75 Å². The van der Waals surface area contributed by atoms with Crippen LogP contribution in [0.25, 0.3) is 0 Å². The third-order valence-corrected chi connectivity index (χ3v) is 4.49. The van der Waals surface area contributed by atoms with E-state index in [9.17, 15) is 4.79 Å².